The highest BCUT2D eigenvalue weighted by atomic mass is 32.1. The molecule has 1 amide bonds. The number of carbonyl (C=O) groups excluding carboxylic acids is 1. The first-order chi connectivity index (χ1) is 9.65. The average molecular weight is 295 g/mol. The van der Waals surface area contributed by atoms with Crippen LogP contribution in [0.5, 0.6) is 0 Å². The Labute approximate surface area is 125 Å². The Bertz CT molecular complexity index is 425. The van der Waals surface area contributed by atoms with Crippen molar-refractivity contribution in [3.05, 3.63) is 16.1 Å². The Morgan fingerprint density at radius 2 is 2.25 bits per heavy atom. The van der Waals surface area contributed by atoms with Crippen LogP contribution >= 0.6 is 11.3 Å². The van der Waals surface area contributed by atoms with Crippen LogP contribution in [-0.2, 0) is 11.2 Å². The lowest BCUT2D eigenvalue weighted by molar-refractivity contribution is -0.121. The molecule has 0 aromatic carbocycles. The summed E-state index contributed by atoms with van der Waals surface area (Å²) < 4.78 is 0. The van der Waals surface area contributed by atoms with E-state index in [0.717, 1.165) is 11.4 Å². The molecule has 1 atom stereocenters. The molecule has 1 heterocycles. The van der Waals surface area contributed by atoms with Crippen LogP contribution in [0.15, 0.2) is 5.38 Å². The predicted molar refractivity (Wildman–Crippen MR) is 82.9 cm³/mol. The van der Waals surface area contributed by atoms with Crippen LogP contribution in [0, 0.1) is 0 Å². The summed E-state index contributed by atoms with van der Waals surface area (Å²) in [6, 6.07) is -0.0761. The van der Waals surface area contributed by atoms with Crippen LogP contribution < -0.4 is 11.1 Å². The summed E-state index contributed by atoms with van der Waals surface area (Å²) in [5, 5.41) is 6.23. The third-order valence-electron chi connectivity index (χ3n) is 3.76. The number of hydrogen-bond acceptors (Lipinski definition) is 4. The molecule has 5 heteroatoms. The fourth-order valence-electron chi connectivity index (χ4n) is 2.70. The number of thiazole rings is 1. The maximum absolute atomic E-state index is 11.5. The normalized spacial score (nSPS) is 17.9. The second kappa shape index (κ2) is 7.74. The quantitative estimate of drug-likeness (QED) is 0.847. The van der Waals surface area contributed by atoms with Gasteiger partial charge < -0.3 is 11.1 Å². The molecule has 1 unspecified atom stereocenters. The fourth-order valence-corrected chi connectivity index (χ4v) is 3.58. The van der Waals surface area contributed by atoms with Gasteiger partial charge in [-0.2, -0.15) is 0 Å². The zero-order valence-corrected chi connectivity index (χ0v) is 13.0. The Balaban J connectivity index is 1.74. The first kappa shape index (κ1) is 15.4. The summed E-state index contributed by atoms with van der Waals surface area (Å²) in [6.45, 7) is 2.50. The van der Waals surface area contributed by atoms with Crippen molar-refractivity contribution in [3.8, 4) is 0 Å². The van der Waals surface area contributed by atoms with E-state index in [1.54, 1.807) is 11.3 Å². The van der Waals surface area contributed by atoms with Gasteiger partial charge in [-0.3, -0.25) is 4.79 Å². The van der Waals surface area contributed by atoms with Crippen molar-refractivity contribution in [2.75, 3.05) is 6.54 Å². The summed E-state index contributed by atoms with van der Waals surface area (Å²) >= 11 is 1.72. The molecule has 1 aliphatic carbocycles. The minimum Gasteiger partial charge on any atom is -0.356 e. The van der Waals surface area contributed by atoms with Crippen LogP contribution in [0.2, 0.25) is 0 Å². The largest absolute Gasteiger partial charge is 0.356 e. The van der Waals surface area contributed by atoms with Gasteiger partial charge >= 0.3 is 0 Å². The summed E-state index contributed by atoms with van der Waals surface area (Å²) in [5.41, 5.74) is 6.86. The van der Waals surface area contributed by atoms with E-state index >= 15 is 0 Å². The maximum atomic E-state index is 11.5. The molecule has 3 N–H and O–H groups in total. The Hall–Kier alpha value is -0.940. The molecule has 0 spiro atoms. The van der Waals surface area contributed by atoms with Crippen LogP contribution in [-0.4, -0.2) is 23.5 Å². The summed E-state index contributed by atoms with van der Waals surface area (Å²) in [5.74, 6) is 0.700. The Kier molecular flexibility index (Phi) is 5.98. The van der Waals surface area contributed by atoms with Crippen molar-refractivity contribution in [1.29, 1.82) is 0 Å². The van der Waals surface area contributed by atoms with Crippen molar-refractivity contribution < 1.29 is 4.79 Å². The molecular formula is C15H25N3OS. The molecular weight excluding hydrogens is 270 g/mol. The van der Waals surface area contributed by atoms with Gasteiger partial charge in [0.05, 0.1) is 10.7 Å². The number of nitrogens with one attached hydrogen (secondary N) is 1. The van der Waals surface area contributed by atoms with Crippen LogP contribution in [0.4, 0.5) is 0 Å². The highest BCUT2D eigenvalue weighted by molar-refractivity contribution is 7.09. The number of amides is 1. The zero-order chi connectivity index (χ0) is 14.4. The SMILES string of the molecule is CC(N)CC(=O)NCCc1nc(C2CCCCC2)cs1. The number of aromatic nitrogens is 1. The zero-order valence-electron chi connectivity index (χ0n) is 12.2. The Morgan fingerprint density at radius 1 is 1.50 bits per heavy atom. The number of hydrogen-bond donors (Lipinski definition) is 2. The van der Waals surface area contributed by atoms with Crippen LogP contribution in [0.25, 0.3) is 0 Å². The van der Waals surface area contributed by atoms with E-state index in [0.29, 0.717) is 18.9 Å². The monoisotopic (exact) mass is 295 g/mol. The van der Waals surface area contributed by atoms with Gasteiger partial charge in [-0.15, -0.1) is 11.3 Å². The van der Waals surface area contributed by atoms with E-state index in [2.05, 4.69) is 10.7 Å². The predicted octanol–water partition coefficient (Wildman–Crippen LogP) is 2.59. The number of nitrogens with two attached hydrogens (primary N) is 1. The molecule has 1 aliphatic rings. The van der Waals surface area contributed by atoms with E-state index in [9.17, 15) is 4.79 Å². The summed E-state index contributed by atoms with van der Waals surface area (Å²) in [4.78, 5) is 16.2. The lowest BCUT2D eigenvalue weighted by Crippen LogP contribution is -2.31. The molecule has 1 aromatic heterocycles. The van der Waals surface area contributed by atoms with Crippen LogP contribution in [0.1, 0.15) is 62.1 Å². The number of carbonyl (C=O) groups is 1. The first-order valence-electron chi connectivity index (χ1n) is 7.61. The van der Waals surface area contributed by atoms with Gasteiger partial charge in [0.2, 0.25) is 5.91 Å². The smallest absolute Gasteiger partial charge is 0.221 e. The van der Waals surface area contributed by atoms with Gasteiger partial charge in [-0.1, -0.05) is 19.3 Å². The van der Waals surface area contributed by atoms with Crippen molar-refractivity contribution in [2.45, 2.75) is 63.8 Å². The van der Waals surface area contributed by atoms with Gasteiger partial charge in [0.15, 0.2) is 0 Å². The van der Waals surface area contributed by atoms with Gasteiger partial charge in [-0.25, -0.2) is 4.98 Å². The highest BCUT2D eigenvalue weighted by Gasteiger charge is 2.18. The van der Waals surface area contributed by atoms with E-state index in [-0.39, 0.29) is 11.9 Å². The number of rotatable bonds is 6. The lowest BCUT2D eigenvalue weighted by Gasteiger charge is -2.19. The topological polar surface area (TPSA) is 68.0 Å². The standard InChI is InChI=1S/C15H25N3OS/c1-11(16)9-14(19)17-8-7-15-18-13(10-20-15)12-5-3-2-4-6-12/h10-12H,2-9,16H2,1H3,(H,17,19). The van der Waals surface area contributed by atoms with Gasteiger partial charge in [0.25, 0.3) is 0 Å². The molecule has 1 saturated carbocycles. The molecule has 20 heavy (non-hydrogen) atoms. The van der Waals surface area contributed by atoms with Gasteiger partial charge in [0.1, 0.15) is 0 Å². The average Bonchev–Trinajstić information content (AvgIpc) is 2.88. The molecule has 2 rings (SSSR count). The first-order valence-corrected chi connectivity index (χ1v) is 8.49. The van der Waals surface area contributed by atoms with E-state index < -0.39 is 0 Å². The van der Waals surface area contributed by atoms with Crippen molar-refractivity contribution in [2.24, 2.45) is 5.73 Å². The van der Waals surface area contributed by atoms with Crippen molar-refractivity contribution in [3.63, 3.8) is 0 Å². The van der Waals surface area contributed by atoms with Gasteiger partial charge in [-0.05, 0) is 19.8 Å². The van der Waals surface area contributed by atoms with Gasteiger partial charge in [0, 0.05) is 36.7 Å². The van der Waals surface area contributed by atoms with E-state index in [1.165, 1.54) is 37.8 Å². The molecule has 0 radical (unpaired) electrons. The summed E-state index contributed by atoms with van der Waals surface area (Å²) in [7, 11) is 0. The molecule has 0 aliphatic heterocycles. The fraction of sp³-hybridized carbons (Fsp3) is 0.733. The molecule has 1 fully saturated rings. The minimum atomic E-state index is -0.0761. The number of nitrogens with zero attached hydrogens (tertiary/aromatic N) is 1. The third-order valence-corrected chi connectivity index (χ3v) is 4.69. The molecule has 112 valence electrons. The second-order valence-electron chi connectivity index (χ2n) is 5.78. The lowest BCUT2D eigenvalue weighted by atomic mass is 9.87. The Morgan fingerprint density at radius 3 is 2.95 bits per heavy atom. The third kappa shape index (κ3) is 4.87. The maximum Gasteiger partial charge on any atom is 0.221 e. The van der Waals surface area contributed by atoms with E-state index in [4.69, 9.17) is 10.7 Å². The molecule has 4 nitrogen and oxygen atoms in total. The summed E-state index contributed by atoms with van der Waals surface area (Å²) in [6.07, 6.45) is 7.84. The van der Waals surface area contributed by atoms with Crippen LogP contribution in [0.3, 0.4) is 0 Å². The molecule has 0 saturated heterocycles. The highest BCUT2D eigenvalue weighted by Crippen LogP contribution is 2.32. The molecule has 1 aromatic rings. The van der Waals surface area contributed by atoms with Crippen molar-refractivity contribution in [1.82, 2.24) is 10.3 Å². The van der Waals surface area contributed by atoms with E-state index in [1.807, 2.05) is 6.92 Å². The second-order valence-corrected chi connectivity index (χ2v) is 6.73. The molecule has 0 bridgehead atoms. The van der Waals surface area contributed by atoms with Crippen molar-refractivity contribution >= 4 is 17.2 Å². The minimum absolute atomic E-state index is 0.0315.